The molecule has 0 radical (unpaired) electrons. The highest BCUT2D eigenvalue weighted by atomic mass is 35.5. The molecule has 0 unspecified atom stereocenters. The van der Waals surface area contributed by atoms with Gasteiger partial charge in [0.05, 0.1) is 0 Å². The summed E-state index contributed by atoms with van der Waals surface area (Å²) in [6, 6.07) is 0. The quantitative estimate of drug-likeness (QED) is 0.489. The molecule has 0 aliphatic carbocycles. The molecule has 0 spiro atoms. The number of rotatable bonds is 1. The molecule has 0 aromatic rings. The van der Waals surface area contributed by atoms with E-state index in [2.05, 4.69) is 0 Å². The fraction of sp³-hybridized carbons (Fsp3) is 0.250. The summed E-state index contributed by atoms with van der Waals surface area (Å²) in [7, 11) is 0. The van der Waals surface area contributed by atoms with Gasteiger partial charge in [0.15, 0.2) is 0 Å². The van der Waals surface area contributed by atoms with Crippen molar-refractivity contribution in [2.24, 2.45) is 0 Å². The number of halogens is 1. The van der Waals surface area contributed by atoms with Gasteiger partial charge >= 0.3 is 0 Å². The van der Waals surface area contributed by atoms with Crippen LogP contribution in [0.3, 0.4) is 0 Å². The molecule has 2 heteroatoms. The Balaban J connectivity index is 3.41. The first-order valence-electron chi connectivity index (χ1n) is 1.60. The molecule has 1 N–H and O–H groups in total. The van der Waals surface area contributed by atoms with Gasteiger partial charge in [-0.15, -0.1) is 0 Å². The van der Waals surface area contributed by atoms with Crippen LogP contribution in [0.5, 0.6) is 0 Å². The van der Waals surface area contributed by atoms with E-state index >= 15 is 0 Å². The van der Waals surface area contributed by atoms with E-state index in [1.807, 2.05) is 0 Å². The number of hydrogen-bond acceptors (Lipinski definition) is 1. The third-order valence-electron chi connectivity index (χ3n) is 0.313. The van der Waals surface area contributed by atoms with Crippen molar-refractivity contribution in [3.05, 3.63) is 11.1 Å². The standard InChI is InChI=1S/C4H6ClN/c1-4(5)2-3-6/h2-3,6H,1H3. The second-order valence-corrected chi connectivity index (χ2v) is 1.52. The summed E-state index contributed by atoms with van der Waals surface area (Å²) in [6.07, 6.45) is 2.67. The number of hydrogen-bond donors (Lipinski definition) is 1. The van der Waals surface area contributed by atoms with Crippen LogP contribution in [0.2, 0.25) is 0 Å². The highest BCUT2D eigenvalue weighted by Gasteiger charge is 1.68. The van der Waals surface area contributed by atoms with Crippen molar-refractivity contribution in [3.8, 4) is 0 Å². The Bertz CT molecular complexity index is 71.6. The summed E-state index contributed by atoms with van der Waals surface area (Å²) >= 11 is 5.29. The zero-order chi connectivity index (χ0) is 4.99. The summed E-state index contributed by atoms with van der Waals surface area (Å²) in [5.74, 6) is 0. The van der Waals surface area contributed by atoms with Crippen LogP contribution in [-0.4, -0.2) is 6.21 Å². The van der Waals surface area contributed by atoms with Crippen molar-refractivity contribution in [3.63, 3.8) is 0 Å². The summed E-state index contributed by atoms with van der Waals surface area (Å²) < 4.78 is 0. The van der Waals surface area contributed by atoms with E-state index in [4.69, 9.17) is 17.0 Å². The van der Waals surface area contributed by atoms with Gasteiger partial charge in [-0.3, -0.25) is 0 Å². The van der Waals surface area contributed by atoms with Gasteiger partial charge in [0.25, 0.3) is 0 Å². The van der Waals surface area contributed by atoms with Crippen molar-refractivity contribution < 1.29 is 0 Å². The van der Waals surface area contributed by atoms with Crippen molar-refractivity contribution in [2.45, 2.75) is 6.92 Å². The minimum atomic E-state index is 0.644. The van der Waals surface area contributed by atoms with Crippen LogP contribution in [0.25, 0.3) is 0 Å². The maximum Gasteiger partial charge on any atom is 0.0189 e. The smallest absolute Gasteiger partial charge is 0.0189 e. The first-order chi connectivity index (χ1) is 2.77. The summed E-state index contributed by atoms with van der Waals surface area (Å²) in [5, 5.41) is 7.09. The van der Waals surface area contributed by atoms with E-state index in [0.717, 1.165) is 6.21 Å². The van der Waals surface area contributed by atoms with Crippen LogP contribution in [-0.2, 0) is 0 Å². The van der Waals surface area contributed by atoms with Crippen LogP contribution < -0.4 is 0 Å². The largest absolute Gasteiger partial charge is 0.309 e. The van der Waals surface area contributed by atoms with Crippen molar-refractivity contribution in [1.29, 1.82) is 5.41 Å². The van der Waals surface area contributed by atoms with Gasteiger partial charge in [0.2, 0.25) is 0 Å². The van der Waals surface area contributed by atoms with E-state index in [1.54, 1.807) is 6.92 Å². The maximum atomic E-state index is 6.45. The van der Waals surface area contributed by atoms with Crippen molar-refractivity contribution >= 4 is 17.8 Å². The van der Waals surface area contributed by atoms with E-state index in [1.165, 1.54) is 6.08 Å². The number of allylic oxidation sites excluding steroid dienone is 2. The lowest BCUT2D eigenvalue weighted by Crippen LogP contribution is -1.57. The monoisotopic (exact) mass is 103 g/mol. The Kier molecular flexibility index (Phi) is 2.77. The van der Waals surface area contributed by atoms with Crippen molar-refractivity contribution in [1.82, 2.24) is 0 Å². The Hall–Kier alpha value is -0.300. The topological polar surface area (TPSA) is 23.9 Å². The highest BCUT2D eigenvalue weighted by molar-refractivity contribution is 6.30. The molecule has 0 atom stereocenters. The predicted octanol–water partition coefficient (Wildman–Crippen LogP) is 1.78. The van der Waals surface area contributed by atoms with Gasteiger partial charge in [-0.1, -0.05) is 11.6 Å². The summed E-state index contributed by atoms with van der Waals surface area (Å²) in [6.45, 7) is 1.73. The molecular formula is C4H6ClN. The molecule has 0 saturated heterocycles. The summed E-state index contributed by atoms with van der Waals surface area (Å²) in [5.41, 5.74) is 0. The molecular weight excluding hydrogens is 97.5 g/mol. The Labute approximate surface area is 42.1 Å². The lowest BCUT2D eigenvalue weighted by atomic mass is 10.6. The maximum absolute atomic E-state index is 6.45. The SMILES string of the molecule is CC(Cl)=CC=N. The predicted molar refractivity (Wildman–Crippen MR) is 28.4 cm³/mol. The summed E-state index contributed by atoms with van der Waals surface area (Å²) in [4.78, 5) is 0. The molecule has 6 heavy (non-hydrogen) atoms. The lowest BCUT2D eigenvalue weighted by Gasteiger charge is -1.71. The molecule has 0 heterocycles. The second-order valence-electron chi connectivity index (χ2n) is 0.920. The molecule has 1 nitrogen and oxygen atoms in total. The third-order valence-corrected chi connectivity index (χ3v) is 0.439. The van der Waals surface area contributed by atoms with Crippen LogP contribution in [0.1, 0.15) is 6.92 Å². The normalized spacial score (nSPS) is 11.3. The molecule has 0 aliphatic rings. The fourth-order valence-electron chi connectivity index (χ4n) is 0.115. The van der Waals surface area contributed by atoms with Gasteiger partial charge in [-0.2, -0.15) is 0 Å². The molecule has 0 aromatic carbocycles. The zero-order valence-corrected chi connectivity index (χ0v) is 4.29. The van der Waals surface area contributed by atoms with Gasteiger partial charge in [0, 0.05) is 11.2 Å². The molecule has 0 rings (SSSR count). The zero-order valence-electron chi connectivity index (χ0n) is 3.53. The average molecular weight is 104 g/mol. The fourth-order valence-corrected chi connectivity index (χ4v) is 0.178. The Morgan fingerprint density at radius 2 is 2.33 bits per heavy atom. The Morgan fingerprint density at radius 1 is 1.83 bits per heavy atom. The van der Waals surface area contributed by atoms with Crippen LogP contribution >= 0.6 is 11.6 Å². The first kappa shape index (κ1) is 5.70. The minimum Gasteiger partial charge on any atom is -0.309 e. The van der Waals surface area contributed by atoms with Crippen molar-refractivity contribution in [2.75, 3.05) is 0 Å². The molecule has 0 amide bonds. The third kappa shape index (κ3) is 3.70. The van der Waals surface area contributed by atoms with Crippen LogP contribution in [0.15, 0.2) is 11.1 Å². The molecule has 34 valence electrons. The van der Waals surface area contributed by atoms with E-state index in [0.29, 0.717) is 5.03 Å². The highest BCUT2D eigenvalue weighted by Crippen LogP contribution is 1.93. The van der Waals surface area contributed by atoms with E-state index in [9.17, 15) is 0 Å². The average Bonchev–Trinajstić information content (AvgIpc) is 1.35. The molecule has 0 bridgehead atoms. The molecule has 0 fully saturated rings. The first-order valence-corrected chi connectivity index (χ1v) is 1.98. The van der Waals surface area contributed by atoms with Gasteiger partial charge in [-0.25, -0.2) is 0 Å². The van der Waals surface area contributed by atoms with E-state index in [-0.39, 0.29) is 0 Å². The van der Waals surface area contributed by atoms with Gasteiger partial charge in [0.1, 0.15) is 0 Å². The molecule has 0 saturated carbocycles. The van der Waals surface area contributed by atoms with Crippen LogP contribution in [0, 0.1) is 5.41 Å². The van der Waals surface area contributed by atoms with Gasteiger partial charge < -0.3 is 5.41 Å². The number of nitrogens with one attached hydrogen (secondary N) is 1. The Morgan fingerprint density at radius 3 is 2.33 bits per heavy atom. The minimum absolute atomic E-state index is 0.644. The van der Waals surface area contributed by atoms with Gasteiger partial charge in [-0.05, 0) is 13.0 Å². The lowest BCUT2D eigenvalue weighted by molar-refractivity contribution is 1.56. The van der Waals surface area contributed by atoms with Crippen LogP contribution in [0.4, 0.5) is 0 Å². The van der Waals surface area contributed by atoms with E-state index < -0.39 is 0 Å². The second kappa shape index (κ2) is 2.91. The molecule has 0 aliphatic heterocycles. The molecule has 0 aromatic heterocycles.